The monoisotopic (exact) mass is 144 g/mol. The van der Waals surface area contributed by atoms with Crippen LogP contribution < -0.4 is 0 Å². The lowest BCUT2D eigenvalue weighted by Crippen LogP contribution is -1.92. The van der Waals surface area contributed by atoms with Crippen LogP contribution in [0.5, 0.6) is 0 Å². The minimum atomic E-state index is 0.772. The van der Waals surface area contributed by atoms with Gasteiger partial charge in [-0.1, -0.05) is 0 Å². The van der Waals surface area contributed by atoms with E-state index in [9.17, 15) is 0 Å². The summed E-state index contributed by atoms with van der Waals surface area (Å²) < 4.78 is 0. The molecule has 4 nitrogen and oxygen atoms in total. The van der Waals surface area contributed by atoms with Crippen LogP contribution in [0.25, 0.3) is 12.2 Å². The number of hydrogen-bond acceptors (Lipinski definition) is 4. The van der Waals surface area contributed by atoms with Crippen LogP contribution in [0.4, 0.5) is 0 Å². The van der Waals surface area contributed by atoms with Crippen molar-refractivity contribution in [2.24, 2.45) is 4.99 Å². The molecule has 0 radical (unpaired) electrons. The van der Waals surface area contributed by atoms with Crippen molar-refractivity contribution >= 4 is 18.0 Å². The molecule has 0 amide bonds. The smallest absolute Gasteiger partial charge is 0.0985 e. The number of rotatable bonds is 0. The molecule has 0 aliphatic carbocycles. The molecule has 0 N–H and O–H groups in total. The normalized spacial score (nSPS) is 12.7. The number of aromatic nitrogens is 3. The topological polar surface area (TPSA) is 51.0 Å². The highest BCUT2D eigenvalue weighted by Crippen LogP contribution is 2.07. The summed E-state index contributed by atoms with van der Waals surface area (Å²) in [5.74, 6) is 2.71. The summed E-state index contributed by atoms with van der Waals surface area (Å²) in [5, 5.41) is 10.9. The summed E-state index contributed by atoms with van der Waals surface area (Å²) in [6.45, 7) is 0. The van der Waals surface area contributed by atoms with Crippen LogP contribution >= 0.6 is 0 Å². The number of hydrogen-bond donors (Lipinski definition) is 0. The Bertz CT molecular complexity index is 360. The molecule has 0 bridgehead atoms. The number of fused-ring (bicyclic) bond motifs is 1. The molecular formula is C7H4N4. The van der Waals surface area contributed by atoms with Crippen LogP contribution in [0.2, 0.25) is 0 Å². The van der Waals surface area contributed by atoms with Crippen LogP contribution in [-0.2, 0) is 0 Å². The van der Waals surface area contributed by atoms with Crippen molar-refractivity contribution in [3.05, 3.63) is 23.7 Å². The van der Waals surface area contributed by atoms with Gasteiger partial charge in [-0.2, -0.15) is 0 Å². The molecule has 2 rings (SSSR count). The zero-order valence-electron chi connectivity index (χ0n) is 5.60. The highest BCUT2D eigenvalue weighted by molar-refractivity contribution is 5.82. The Labute approximate surface area is 63.0 Å². The minimum absolute atomic E-state index is 0.772. The van der Waals surface area contributed by atoms with E-state index in [4.69, 9.17) is 0 Å². The molecule has 0 fully saturated rings. The average molecular weight is 144 g/mol. The first-order valence-electron chi connectivity index (χ1n) is 3.10. The first-order valence-corrected chi connectivity index (χ1v) is 3.10. The average Bonchev–Trinajstić information content (AvgIpc) is 2.28. The summed E-state index contributed by atoms with van der Waals surface area (Å²) in [6.07, 6.45) is 6.73. The van der Waals surface area contributed by atoms with Gasteiger partial charge in [-0.15, -0.1) is 10.2 Å². The highest BCUT2D eigenvalue weighted by atomic mass is 15.3. The second-order valence-corrected chi connectivity index (χ2v) is 1.99. The van der Waals surface area contributed by atoms with E-state index in [1.165, 1.54) is 0 Å². The summed E-state index contributed by atoms with van der Waals surface area (Å²) in [5.41, 5.74) is 1.66. The molecule has 1 aromatic heterocycles. The van der Waals surface area contributed by atoms with Crippen molar-refractivity contribution in [1.82, 2.24) is 15.4 Å². The van der Waals surface area contributed by atoms with Gasteiger partial charge in [-0.05, 0) is 17.2 Å². The van der Waals surface area contributed by atoms with E-state index in [0.717, 1.165) is 11.3 Å². The summed E-state index contributed by atoms with van der Waals surface area (Å²) in [6, 6.07) is 0. The summed E-state index contributed by atoms with van der Waals surface area (Å²) >= 11 is 0. The van der Waals surface area contributed by atoms with Crippen molar-refractivity contribution < 1.29 is 0 Å². The number of aliphatic imine (C=N–C) groups is 1. The molecular weight excluding hydrogens is 140 g/mol. The molecule has 2 heterocycles. The Hall–Kier alpha value is -1.80. The van der Waals surface area contributed by atoms with Gasteiger partial charge in [0.15, 0.2) is 0 Å². The molecule has 1 aliphatic heterocycles. The Kier molecular flexibility index (Phi) is 1.32. The van der Waals surface area contributed by atoms with Gasteiger partial charge in [0.05, 0.1) is 11.9 Å². The molecule has 0 saturated carbocycles. The van der Waals surface area contributed by atoms with E-state index in [0.29, 0.717) is 0 Å². The summed E-state index contributed by atoms with van der Waals surface area (Å²) in [4.78, 5) is 3.80. The van der Waals surface area contributed by atoms with E-state index < -0.39 is 0 Å². The molecule has 0 unspecified atom stereocenters. The molecule has 11 heavy (non-hydrogen) atoms. The van der Waals surface area contributed by atoms with Crippen molar-refractivity contribution in [1.29, 1.82) is 0 Å². The Morgan fingerprint density at radius 1 is 1.36 bits per heavy atom. The minimum Gasteiger partial charge on any atom is -0.214 e. The third-order valence-corrected chi connectivity index (χ3v) is 1.30. The quantitative estimate of drug-likeness (QED) is 0.534. The number of nitrogens with zero attached hydrogens (tertiary/aromatic N) is 4. The summed E-state index contributed by atoms with van der Waals surface area (Å²) in [7, 11) is 0. The van der Waals surface area contributed by atoms with Gasteiger partial charge in [0.2, 0.25) is 0 Å². The molecule has 0 saturated heterocycles. The maximum atomic E-state index is 3.80. The van der Waals surface area contributed by atoms with Gasteiger partial charge in [-0.25, -0.2) is 4.99 Å². The SMILES string of the molecule is C1=Cc2cnnnc2C=CN=1. The zero-order valence-corrected chi connectivity index (χ0v) is 5.60. The molecule has 4 heteroatoms. The Balaban J connectivity index is 2.67. The van der Waals surface area contributed by atoms with Gasteiger partial charge in [0.25, 0.3) is 0 Å². The highest BCUT2D eigenvalue weighted by Gasteiger charge is 1.98. The Morgan fingerprint density at radius 2 is 2.36 bits per heavy atom. The maximum absolute atomic E-state index is 3.80. The maximum Gasteiger partial charge on any atom is 0.0985 e. The van der Waals surface area contributed by atoms with Crippen LogP contribution in [0.3, 0.4) is 0 Å². The van der Waals surface area contributed by atoms with E-state index in [1.807, 2.05) is 0 Å². The van der Waals surface area contributed by atoms with Gasteiger partial charge >= 0.3 is 0 Å². The fourth-order valence-corrected chi connectivity index (χ4v) is 0.784. The lowest BCUT2D eigenvalue weighted by molar-refractivity contribution is 0.854. The molecule has 0 atom stereocenters. The third-order valence-electron chi connectivity index (χ3n) is 1.30. The van der Waals surface area contributed by atoms with E-state index in [1.54, 1.807) is 24.5 Å². The largest absolute Gasteiger partial charge is 0.214 e. The predicted octanol–water partition coefficient (Wildman–Crippen LogP) is 0.539. The van der Waals surface area contributed by atoms with Crippen molar-refractivity contribution in [3.8, 4) is 0 Å². The lowest BCUT2D eigenvalue weighted by Gasteiger charge is -1.91. The molecule has 0 spiro atoms. The van der Waals surface area contributed by atoms with E-state index in [2.05, 4.69) is 26.3 Å². The van der Waals surface area contributed by atoms with Crippen molar-refractivity contribution in [3.63, 3.8) is 0 Å². The van der Waals surface area contributed by atoms with Crippen molar-refractivity contribution in [2.75, 3.05) is 0 Å². The first-order chi connectivity index (χ1) is 5.47. The molecule has 52 valence electrons. The second kappa shape index (κ2) is 2.44. The van der Waals surface area contributed by atoms with E-state index in [-0.39, 0.29) is 0 Å². The molecule has 1 aliphatic rings. The second-order valence-electron chi connectivity index (χ2n) is 1.99. The fraction of sp³-hybridized carbons (Fsp3) is 0. The van der Waals surface area contributed by atoms with Gasteiger partial charge in [-0.3, -0.25) is 0 Å². The first kappa shape index (κ1) is 5.95. The molecule has 0 aromatic carbocycles. The van der Waals surface area contributed by atoms with Crippen LogP contribution in [-0.4, -0.2) is 21.3 Å². The van der Waals surface area contributed by atoms with Crippen LogP contribution in [0.15, 0.2) is 17.4 Å². The van der Waals surface area contributed by atoms with Crippen molar-refractivity contribution in [2.45, 2.75) is 0 Å². The lowest BCUT2D eigenvalue weighted by atomic mass is 10.2. The van der Waals surface area contributed by atoms with Crippen LogP contribution in [0, 0.1) is 0 Å². The van der Waals surface area contributed by atoms with Gasteiger partial charge in [0.1, 0.15) is 0 Å². The van der Waals surface area contributed by atoms with Gasteiger partial charge in [0, 0.05) is 17.8 Å². The zero-order chi connectivity index (χ0) is 7.52. The van der Waals surface area contributed by atoms with Gasteiger partial charge < -0.3 is 0 Å². The van der Waals surface area contributed by atoms with E-state index >= 15 is 0 Å². The fourth-order valence-electron chi connectivity index (χ4n) is 0.784. The van der Waals surface area contributed by atoms with Crippen LogP contribution in [0.1, 0.15) is 11.3 Å². The Morgan fingerprint density at radius 3 is 3.36 bits per heavy atom. The standard InChI is InChI=1S/C7H4N4/c1-3-8-4-2-7-6(1)5-9-11-10-7/h1-2,4-5H. The molecule has 1 aromatic rings. The predicted molar refractivity (Wildman–Crippen MR) is 40.8 cm³/mol. The third kappa shape index (κ3) is 1.07.